The number of benzene rings is 1. The van der Waals surface area contributed by atoms with E-state index < -0.39 is 4.92 Å². The molecule has 22 heavy (non-hydrogen) atoms. The van der Waals surface area contributed by atoms with Gasteiger partial charge in [-0.1, -0.05) is 0 Å². The van der Waals surface area contributed by atoms with Crippen LogP contribution in [0.2, 0.25) is 0 Å². The van der Waals surface area contributed by atoms with Gasteiger partial charge in [-0.25, -0.2) is 0 Å². The molecule has 122 valence electrons. The highest BCUT2D eigenvalue weighted by Crippen LogP contribution is 2.21. The fourth-order valence-corrected chi connectivity index (χ4v) is 2.02. The molecule has 0 radical (unpaired) electrons. The van der Waals surface area contributed by atoms with E-state index in [1.54, 1.807) is 18.4 Å². The van der Waals surface area contributed by atoms with Crippen molar-refractivity contribution in [3.63, 3.8) is 0 Å². The van der Waals surface area contributed by atoms with E-state index in [1.165, 1.54) is 12.1 Å². The van der Waals surface area contributed by atoms with Gasteiger partial charge in [0.1, 0.15) is 24.4 Å². The molecule has 0 spiro atoms. The second-order valence-electron chi connectivity index (χ2n) is 5.89. The van der Waals surface area contributed by atoms with Crippen molar-refractivity contribution in [2.75, 3.05) is 19.7 Å². The zero-order valence-electron chi connectivity index (χ0n) is 12.9. The lowest BCUT2D eigenvalue weighted by Gasteiger charge is -2.38. The molecule has 1 heterocycles. The van der Waals surface area contributed by atoms with Crippen LogP contribution >= 0.6 is 12.4 Å². The molecule has 2 rings (SSSR count). The first-order chi connectivity index (χ1) is 9.86. The average Bonchev–Trinajstić information content (AvgIpc) is 2.45. The zero-order valence-corrected chi connectivity index (χ0v) is 13.8. The number of morpholine rings is 1. The summed E-state index contributed by atoms with van der Waals surface area (Å²) in [5.74, 6) is 1.30. The Morgan fingerprint density at radius 2 is 1.95 bits per heavy atom. The molecule has 1 aliphatic heterocycles. The van der Waals surface area contributed by atoms with E-state index in [4.69, 9.17) is 9.47 Å². The summed E-state index contributed by atoms with van der Waals surface area (Å²) in [5, 5.41) is 10.6. The number of non-ortho nitro benzene ring substituents is 1. The van der Waals surface area contributed by atoms with Gasteiger partial charge >= 0.3 is 0 Å². The molecular formula is C15H21ClN2O4. The van der Waals surface area contributed by atoms with E-state index in [1.807, 2.05) is 0 Å². The van der Waals surface area contributed by atoms with Crippen LogP contribution in [0.5, 0.6) is 5.75 Å². The molecule has 1 aliphatic rings. The van der Waals surface area contributed by atoms with Gasteiger partial charge < -0.3 is 9.47 Å². The van der Waals surface area contributed by atoms with Crippen molar-refractivity contribution in [1.82, 2.24) is 4.90 Å². The first kappa shape index (κ1) is 18.3. The van der Waals surface area contributed by atoms with Crippen molar-refractivity contribution in [3.8, 4) is 5.75 Å². The van der Waals surface area contributed by atoms with Crippen LogP contribution in [0.3, 0.4) is 0 Å². The van der Waals surface area contributed by atoms with Crippen LogP contribution in [0, 0.1) is 10.1 Å². The molecule has 6 nitrogen and oxygen atoms in total. The van der Waals surface area contributed by atoms with Gasteiger partial charge in [-0.05, 0) is 32.9 Å². The summed E-state index contributed by atoms with van der Waals surface area (Å²) in [6.07, 6.45) is 1.57. The lowest BCUT2D eigenvalue weighted by Crippen LogP contribution is -2.47. The van der Waals surface area contributed by atoms with E-state index in [0.717, 1.165) is 12.3 Å². The fourth-order valence-electron chi connectivity index (χ4n) is 2.02. The summed E-state index contributed by atoms with van der Waals surface area (Å²) in [5.41, 5.74) is 0.124. The van der Waals surface area contributed by atoms with E-state index in [-0.39, 0.29) is 23.6 Å². The first-order valence-electron chi connectivity index (χ1n) is 6.84. The monoisotopic (exact) mass is 328 g/mol. The Labute approximate surface area is 136 Å². The Kier molecular flexibility index (Phi) is 6.20. The fraction of sp³-hybridized carbons (Fsp3) is 0.467. The minimum atomic E-state index is -0.437. The number of nitrogens with zero attached hydrogens (tertiary/aromatic N) is 2. The lowest BCUT2D eigenvalue weighted by atomic mass is 10.1. The minimum absolute atomic E-state index is 0. The zero-order chi connectivity index (χ0) is 15.5. The molecule has 7 heteroatoms. The van der Waals surface area contributed by atoms with Gasteiger partial charge in [0.25, 0.3) is 5.69 Å². The van der Waals surface area contributed by atoms with Crippen molar-refractivity contribution < 1.29 is 14.4 Å². The Morgan fingerprint density at radius 1 is 1.32 bits per heavy atom. The Hall–Kier alpha value is -1.79. The molecular weight excluding hydrogens is 308 g/mol. The standard InChI is InChI=1S/C15H20N2O4.ClH/c1-15(2,3)16-8-9-20-14(10-16)11-21-13-6-4-12(5-7-13)17(18)19;/h4-7,11H,8-10H2,1-3H3;1H. The van der Waals surface area contributed by atoms with E-state index in [9.17, 15) is 10.1 Å². The van der Waals surface area contributed by atoms with Gasteiger partial charge in [-0.15, -0.1) is 12.4 Å². The number of hydrogen-bond donors (Lipinski definition) is 0. The third-order valence-corrected chi connectivity index (χ3v) is 3.32. The van der Waals surface area contributed by atoms with Crippen LogP contribution in [-0.4, -0.2) is 35.1 Å². The van der Waals surface area contributed by atoms with Crippen LogP contribution in [-0.2, 0) is 4.74 Å². The van der Waals surface area contributed by atoms with Gasteiger partial charge in [-0.2, -0.15) is 0 Å². The third kappa shape index (κ3) is 4.89. The normalized spacial score (nSPS) is 17.5. The van der Waals surface area contributed by atoms with E-state index in [2.05, 4.69) is 25.7 Å². The molecule has 0 N–H and O–H groups in total. The lowest BCUT2D eigenvalue weighted by molar-refractivity contribution is -0.384. The van der Waals surface area contributed by atoms with Gasteiger partial charge in [-0.3, -0.25) is 15.0 Å². The molecule has 0 aliphatic carbocycles. The molecule has 1 fully saturated rings. The number of nitro benzene ring substituents is 1. The second kappa shape index (κ2) is 7.47. The van der Waals surface area contributed by atoms with Crippen molar-refractivity contribution in [2.24, 2.45) is 0 Å². The number of nitro groups is 1. The molecule has 0 atom stereocenters. The first-order valence-corrected chi connectivity index (χ1v) is 6.84. The van der Waals surface area contributed by atoms with Crippen molar-refractivity contribution in [1.29, 1.82) is 0 Å². The van der Waals surface area contributed by atoms with E-state index >= 15 is 0 Å². The predicted octanol–water partition coefficient (Wildman–Crippen LogP) is 3.37. The summed E-state index contributed by atoms with van der Waals surface area (Å²) >= 11 is 0. The quantitative estimate of drug-likeness (QED) is 0.483. The number of halogens is 1. The van der Waals surface area contributed by atoms with Crippen LogP contribution in [0.25, 0.3) is 0 Å². The Balaban J connectivity index is 0.00000242. The predicted molar refractivity (Wildman–Crippen MR) is 86.3 cm³/mol. The number of hydrogen-bond acceptors (Lipinski definition) is 5. The smallest absolute Gasteiger partial charge is 0.269 e. The molecule has 1 aromatic rings. The highest BCUT2D eigenvalue weighted by molar-refractivity contribution is 5.85. The maximum atomic E-state index is 10.6. The van der Waals surface area contributed by atoms with Crippen LogP contribution in [0.15, 0.2) is 36.3 Å². The van der Waals surface area contributed by atoms with Gasteiger partial charge in [0.15, 0.2) is 0 Å². The molecule has 0 saturated carbocycles. The summed E-state index contributed by atoms with van der Waals surface area (Å²) in [6, 6.07) is 5.97. The summed E-state index contributed by atoms with van der Waals surface area (Å²) in [6.45, 7) is 8.69. The number of rotatable bonds is 3. The van der Waals surface area contributed by atoms with Crippen molar-refractivity contribution in [3.05, 3.63) is 46.4 Å². The largest absolute Gasteiger partial charge is 0.492 e. The topological polar surface area (TPSA) is 64.8 Å². The third-order valence-electron chi connectivity index (χ3n) is 3.32. The van der Waals surface area contributed by atoms with Gasteiger partial charge in [0.2, 0.25) is 0 Å². The molecule has 1 saturated heterocycles. The highest BCUT2D eigenvalue weighted by atomic mass is 35.5. The Morgan fingerprint density at radius 3 is 2.50 bits per heavy atom. The van der Waals surface area contributed by atoms with E-state index in [0.29, 0.717) is 18.9 Å². The van der Waals surface area contributed by atoms with Crippen LogP contribution in [0.4, 0.5) is 5.69 Å². The SMILES string of the molecule is CC(C)(C)N1CCOC(=COc2ccc([N+](=O)[O-])cc2)C1.Cl. The second-order valence-corrected chi connectivity index (χ2v) is 5.89. The summed E-state index contributed by atoms with van der Waals surface area (Å²) < 4.78 is 11.1. The molecule has 0 unspecified atom stereocenters. The maximum Gasteiger partial charge on any atom is 0.269 e. The molecule has 0 aromatic heterocycles. The maximum absolute atomic E-state index is 10.6. The van der Waals surface area contributed by atoms with Gasteiger partial charge in [0, 0.05) is 24.2 Å². The number of ether oxygens (including phenoxy) is 2. The van der Waals surface area contributed by atoms with Crippen LogP contribution < -0.4 is 4.74 Å². The minimum Gasteiger partial charge on any atom is -0.492 e. The molecule has 0 amide bonds. The van der Waals surface area contributed by atoms with Gasteiger partial charge in [0.05, 0.1) is 11.5 Å². The summed E-state index contributed by atoms with van der Waals surface area (Å²) in [7, 11) is 0. The molecule has 1 aromatic carbocycles. The summed E-state index contributed by atoms with van der Waals surface area (Å²) in [4.78, 5) is 12.4. The van der Waals surface area contributed by atoms with Crippen molar-refractivity contribution in [2.45, 2.75) is 26.3 Å². The average molecular weight is 329 g/mol. The van der Waals surface area contributed by atoms with Crippen LogP contribution in [0.1, 0.15) is 20.8 Å². The van der Waals surface area contributed by atoms with Crippen molar-refractivity contribution >= 4 is 18.1 Å². The molecule has 0 bridgehead atoms. The Bertz CT molecular complexity index is 537. The highest BCUT2D eigenvalue weighted by Gasteiger charge is 2.25.